The van der Waals surface area contributed by atoms with Gasteiger partial charge in [0.05, 0.1) is 14.2 Å². The lowest BCUT2D eigenvalue weighted by atomic mass is 9.92. The molecule has 0 saturated heterocycles. The lowest BCUT2D eigenvalue weighted by Crippen LogP contribution is -1.95. The van der Waals surface area contributed by atoms with Crippen molar-refractivity contribution in [3.8, 4) is 23.3 Å². The van der Waals surface area contributed by atoms with E-state index in [1.54, 1.807) is 19.2 Å². The number of aryl methyl sites for hydroxylation is 1. The average Bonchev–Trinajstić information content (AvgIpc) is 2.93. The van der Waals surface area contributed by atoms with Crippen LogP contribution in [0.25, 0.3) is 11.1 Å². The maximum Gasteiger partial charge on any atom is 0.165 e. The maximum absolute atomic E-state index is 14.0. The van der Waals surface area contributed by atoms with E-state index in [0.717, 1.165) is 66.5 Å². The number of methoxy groups -OCH3 is 2. The molecule has 0 spiro atoms. The van der Waals surface area contributed by atoms with Gasteiger partial charge in [0.2, 0.25) is 0 Å². The van der Waals surface area contributed by atoms with E-state index < -0.39 is 0 Å². The molecule has 1 aliphatic carbocycles. The Morgan fingerprint density at radius 2 is 1.90 bits per heavy atom. The number of halogens is 1. The molecule has 4 heteroatoms. The predicted octanol–water partition coefficient (Wildman–Crippen LogP) is 5.26. The first-order valence-electron chi connectivity index (χ1n) is 10.0. The van der Waals surface area contributed by atoms with Gasteiger partial charge in [0.15, 0.2) is 11.6 Å². The summed E-state index contributed by atoms with van der Waals surface area (Å²) in [5.41, 5.74) is 5.36. The Morgan fingerprint density at radius 1 is 1.03 bits per heavy atom. The van der Waals surface area contributed by atoms with Gasteiger partial charge in [-0.25, -0.2) is 4.39 Å². The molecule has 2 aromatic carbocycles. The normalized spacial score (nSPS) is 13.2. The van der Waals surface area contributed by atoms with Crippen LogP contribution in [-0.4, -0.2) is 25.9 Å². The van der Waals surface area contributed by atoms with E-state index in [1.165, 1.54) is 18.7 Å². The number of rotatable bonds is 6. The van der Waals surface area contributed by atoms with Crippen LogP contribution in [0.2, 0.25) is 0 Å². The second-order valence-corrected chi connectivity index (χ2v) is 7.06. The molecule has 3 nitrogen and oxygen atoms in total. The zero-order valence-electron chi connectivity index (χ0n) is 17.1. The topological polar surface area (TPSA) is 38.7 Å². The highest BCUT2D eigenvalue weighted by Crippen LogP contribution is 2.38. The number of aliphatic hydroxyl groups is 1. The Morgan fingerprint density at radius 3 is 2.66 bits per heavy atom. The largest absolute Gasteiger partial charge is 0.497 e. The standard InChI is InChI=1S/C25H27FO3/c1-28-20-12-13-22-18(16-20)8-7-10-21(23(22)9-5-3-4-6-15-27)19-11-14-24(26)25(17-19)29-2/h11-14,16-17,27H,3-4,6-8,10,15H2,1-2H3. The third-order valence-corrected chi connectivity index (χ3v) is 5.18. The number of hydrogen-bond acceptors (Lipinski definition) is 3. The van der Waals surface area contributed by atoms with E-state index in [4.69, 9.17) is 14.6 Å². The summed E-state index contributed by atoms with van der Waals surface area (Å²) in [6, 6.07) is 11.1. The van der Waals surface area contributed by atoms with Crippen molar-refractivity contribution in [1.29, 1.82) is 0 Å². The SMILES string of the molecule is COc1ccc2c(c1)CCCC(c1ccc(F)c(OC)c1)=C2C#CCCCCO. The highest BCUT2D eigenvalue weighted by atomic mass is 19.1. The molecule has 0 aliphatic heterocycles. The summed E-state index contributed by atoms with van der Waals surface area (Å²) in [5, 5.41) is 8.98. The van der Waals surface area contributed by atoms with Crippen LogP contribution < -0.4 is 9.47 Å². The molecule has 3 rings (SSSR count). The summed E-state index contributed by atoms with van der Waals surface area (Å²) in [5.74, 6) is 7.37. The smallest absolute Gasteiger partial charge is 0.165 e. The molecular weight excluding hydrogens is 367 g/mol. The average molecular weight is 394 g/mol. The van der Waals surface area contributed by atoms with Gasteiger partial charge in [-0.2, -0.15) is 0 Å². The fourth-order valence-electron chi connectivity index (χ4n) is 3.65. The summed E-state index contributed by atoms with van der Waals surface area (Å²) < 4.78 is 24.6. The molecule has 0 bridgehead atoms. The lowest BCUT2D eigenvalue weighted by molar-refractivity contribution is 0.285. The van der Waals surface area contributed by atoms with Crippen molar-refractivity contribution in [1.82, 2.24) is 0 Å². The Balaban J connectivity index is 2.12. The molecule has 0 fully saturated rings. The van der Waals surface area contributed by atoms with E-state index in [0.29, 0.717) is 0 Å². The molecule has 2 aromatic rings. The van der Waals surface area contributed by atoms with Crippen LogP contribution in [0.5, 0.6) is 11.5 Å². The number of ether oxygens (including phenoxy) is 2. The molecule has 1 aliphatic rings. The number of fused-ring (bicyclic) bond motifs is 1. The zero-order valence-corrected chi connectivity index (χ0v) is 17.1. The molecule has 0 unspecified atom stereocenters. The molecule has 29 heavy (non-hydrogen) atoms. The summed E-state index contributed by atoms with van der Waals surface area (Å²) in [7, 11) is 3.15. The van der Waals surface area contributed by atoms with Gasteiger partial charge in [0, 0.05) is 18.6 Å². The Bertz CT molecular complexity index is 950. The Kier molecular flexibility index (Phi) is 7.32. The van der Waals surface area contributed by atoms with Crippen molar-refractivity contribution in [3.63, 3.8) is 0 Å². The number of unbranched alkanes of at least 4 members (excludes halogenated alkanes) is 2. The molecule has 0 saturated carbocycles. The number of allylic oxidation sites excluding steroid dienone is 2. The third-order valence-electron chi connectivity index (χ3n) is 5.18. The second kappa shape index (κ2) is 10.1. The monoisotopic (exact) mass is 394 g/mol. The van der Waals surface area contributed by atoms with Gasteiger partial charge in [-0.1, -0.05) is 17.9 Å². The van der Waals surface area contributed by atoms with Crippen molar-refractivity contribution < 1.29 is 19.0 Å². The fraction of sp³-hybridized carbons (Fsp3) is 0.360. The van der Waals surface area contributed by atoms with Gasteiger partial charge >= 0.3 is 0 Å². The van der Waals surface area contributed by atoms with Crippen molar-refractivity contribution >= 4 is 11.1 Å². The zero-order chi connectivity index (χ0) is 20.6. The number of benzene rings is 2. The summed E-state index contributed by atoms with van der Waals surface area (Å²) in [4.78, 5) is 0. The first kappa shape index (κ1) is 21.0. The molecule has 0 atom stereocenters. The van der Waals surface area contributed by atoms with Gasteiger partial charge in [0.1, 0.15) is 5.75 Å². The molecular formula is C25H27FO3. The quantitative estimate of drug-likeness (QED) is 0.537. The van der Waals surface area contributed by atoms with E-state index in [2.05, 4.69) is 24.0 Å². The second-order valence-electron chi connectivity index (χ2n) is 7.06. The highest BCUT2D eigenvalue weighted by molar-refractivity contribution is 5.99. The predicted molar refractivity (Wildman–Crippen MR) is 114 cm³/mol. The summed E-state index contributed by atoms with van der Waals surface area (Å²) in [6.07, 6.45) is 5.12. The van der Waals surface area contributed by atoms with Crippen molar-refractivity contribution in [3.05, 3.63) is 58.9 Å². The number of hydrogen-bond donors (Lipinski definition) is 1. The molecule has 0 heterocycles. The van der Waals surface area contributed by atoms with Gasteiger partial charge in [-0.3, -0.25) is 0 Å². The van der Waals surface area contributed by atoms with Crippen LogP contribution in [0, 0.1) is 17.7 Å². The van der Waals surface area contributed by atoms with E-state index in [9.17, 15) is 4.39 Å². The third kappa shape index (κ3) is 4.99. The van der Waals surface area contributed by atoms with Crippen LogP contribution in [0.4, 0.5) is 4.39 Å². The van der Waals surface area contributed by atoms with Crippen molar-refractivity contribution in [2.45, 2.75) is 38.5 Å². The minimum Gasteiger partial charge on any atom is -0.497 e. The first-order valence-corrected chi connectivity index (χ1v) is 10.0. The van der Waals surface area contributed by atoms with E-state index >= 15 is 0 Å². The summed E-state index contributed by atoms with van der Waals surface area (Å²) >= 11 is 0. The van der Waals surface area contributed by atoms with Gasteiger partial charge in [-0.15, -0.1) is 0 Å². The van der Waals surface area contributed by atoms with Gasteiger partial charge < -0.3 is 14.6 Å². The molecule has 0 aromatic heterocycles. The number of aliphatic hydroxyl groups excluding tert-OH is 1. The summed E-state index contributed by atoms with van der Waals surface area (Å²) in [6.45, 7) is 0.188. The van der Waals surface area contributed by atoms with E-state index in [1.807, 2.05) is 6.07 Å². The van der Waals surface area contributed by atoms with Gasteiger partial charge in [0.25, 0.3) is 0 Å². The fourth-order valence-corrected chi connectivity index (χ4v) is 3.65. The van der Waals surface area contributed by atoms with Crippen LogP contribution >= 0.6 is 0 Å². The highest BCUT2D eigenvalue weighted by Gasteiger charge is 2.19. The van der Waals surface area contributed by atoms with Crippen LogP contribution in [-0.2, 0) is 6.42 Å². The molecule has 0 amide bonds. The molecule has 1 N–H and O–H groups in total. The van der Waals surface area contributed by atoms with Crippen molar-refractivity contribution in [2.75, 3.05) is 20.8 Å². The maximum atomic E-state index is 14.0. The van der Waals surface area contributed by atoms with E-state index in [-0.39, 0.29) is 18.2 Å². The molecule has 152 valence electrons. The molecule has 0 radical (unpaired) electrons. The van der Waals surface area contributed by atoms with Crippen molar-refractivity contribution in [2.24, 2.45) is 0 Å². The minimum absolute atomic E-state index is 0.188. The van der Waals surface area contributed by atoms with Crippen LogP contribution in [0.15, 0.2) is 36.4 Å². The lowest BCUT2D eigenvalue weighted by Gasteiger charge is -2.13. The first-order chi connectivity index (χ1) is 14.2. The Hall–Kier alpha value is -2.77. The minimum atomic E-state index is -0.368. The van der Waals surface area contributed by atoms with Gasteiger partial charge in [-0.05, 0) is 84.7 Å². The van der Waals surface area contributed by atoms with Crippen LogP contribution in [0.1, 0.15) is 48.8 Å². The Labute approximate surface area is 172 Å². The van der Waals surface area contributed by atoms with Crippen LogP contribution in [0.3, 0.4) is 0 Å².